The van der Waals surface area contributed by atoms with E-state index in [2.05, 4.69) is 39.9 Å². The normalized spacial score (nSPS) is 19.0. The number of piperidine rings is 2. The number of anilines is 2. The van der Waals surface area contributed by atoms with Crippen molar-refractivity contribution in [3.8, 4) is 11.1 Å². The maximum absolute atomic E-state index is 13.6. The fourth-order valence-corrected chi connectivity index (χ4v) is 8.27. The first-order chi connectivity index (χ1) is 23.9. The maximum atomic E-state index is 13.6. The van der Waals surface area contributed by atoms with Gasteiger partial charge in [0.15, 0.2) is 5.82 Å². The summed E-state index contributed by atoms with van der Waals surface area (Å²) in [5.74, 6) is 1.21. The number of rotatable bonds is 4. The van der Waals surface area contributed by atoms with Gasteiger partial charge in [0.05, 0.1) is 18.8 Å². The molecule has 3 aromatic rings. The average molecular weight is 685 g/mol. The molecule has 1 aromatic carbocycles. The highest BCUT2D eigenvalue weighted by Gasteiger charge is 2.37. The van der Waals surface area contributed by atoms with Gasteiger partial charge in [-0.2, -0.15) is 10.2 Å². The Morgan fingerprint density at radius 2 is 1.62 bits per heavy atom. The Kier molecular flexibility index (Phi) is 9.15. The van der Waals surface area contributed by atoms with Gasteiger partial charge in [0, 0.05) is 94.3 Å². The Hall–Kier alpha value is -4.35. The molecule has 2 saturated heterocycles. The van der Waals surface area contributed by atoms with E-state index in [1.54, 1.807) is 11.8 Å². The van der Waals surface area contributed by atoms with Crippen molar-refractivity contribution >= 4 is 29.4 Å². The number of amides is 3. The summed E-state index contributed by atoms with van der Waals surface area (Å²) < 4.78 is 9.65. The zero-order valence-electron chi connectivity index (χ0n) is 30.6. The first kappa shape index (κ1) is 34.1. The number of hydrogen-bond donors (Lipinski definition) is 0. The Labute approximate surface area is 295 Å². The van der Waals surface area contributed by atoms with Gasteiger partial charge in [-0.3, -0.25) is 19.0 Å². The van der Waals surface area contributed by atoms with Crippen LogP contribution in [0.5, 0.6) is 0 Å². The van der Waals surface area contributed by atoms with E-state index in [0.29, 0.717) is 52.1 Å². The SMILES string of the molecule is CC(=O)N1CCc2c(c(N3CCCc4cc(-c5cnn(C)c5)c(C)cc43)nn2C2CCN(C(=O)C3CCN(C(=O)OC(C)(C)C)CC3)CC2)C1. The summed E-state index contributed by atoms with van der Waals surface area (Å²) in [5, 5.41) is 9.80. The third kappa shape index (κ3) is 6.73. The van der Waals surface area contributed by atoms with Crippen molar-refractivity contribution in [3.63, 3.8) is 0 Å². The predicted molar refractivity (Wildman–Crippen MR) is 191 cm³/mol. The van der Waals surface area contributed by atoms with Crippen LogP contribution in [0.1, 0.15) is 88.2 Å². The van der Waals surface area contributed by atoms with Crippen LogP contribution in [0.25, 0.3) is 11.1 Å². The third-order valence-electron chi connectivity index (χ3n) is 10.9. The van der Waals surface area contributed by atoms with E-state index >= 15 is 0 Å². The monoisotopic (exact) mass is 684 g/mol. The van der Waals surface area contributed by atoms with Gasteiger partial charge >= 0.3 is 6.09 Å². The molecule has 3 amide bonds. The minimum atomic E-state index is -0.530. The molecule has 2 fully saturated rings. The molecular weight excluding hydrogens is 632 g/mol. The lowest BCUT2D eigenvalue weighted by atomic mass is 9.93. The highest BCUT2D eigenvalue weighted by atomic mass is 16.6. The van der Waals surface area contributed by atoms with E-state index in [9.17, 15) is 14.4 Å². The fourth-order valence-electron chi connectivity index (χ4n) is 8.27. The summed E-state index contributed by atoms with van der Waals surface area (Å²) in [6.45, 7) is 14.1. The largest absolute Gasteiger partial charge is 0.444 e. The summed E-state index contributed by atoms with van der Waals surface area (Å²) in [6.07, 6.45) is 9.53. The minimum absolute atomic E-state index is 0.0619. The highest BCUT2D eigenvalue weighted by Crippen LogP contribution is 2.42. The first-order valence-corrected chi connectivity index (χ1v) is 18.4. The second-order valence-corrected chi connectivity index (χ2v) is 15.6. The quantitative estimate of drug-likeness (QED) is 0.363. The number of carbonyl (C=O) groups excluding carboxylic acids is 3. The maximum Gasteiger partial charge on any atom is 0.410 e. The molecule has 0 spiro atoms. The predicted octanol–water partition coefficient (Wildman–Crippen LogP) is 5.39. The Morgan fingerprint density at radius 3 is 2.28 bits per heavy atom. The molecule has 7 rings (SSSR count). The Balaban J connectivity index is 1.08. The van der Waals surface area contributed by atoms with Crippen molar-refractivity contribution in [2.45, 2.75) is 97.8 Å². The number of hydrogen-bond acceptors (Lipinski definition) is 7. The lowest BCUT2D eigenvalue weighted by Gasteiger charge is -2.38. The summed E-state index contributed by atoms with van der Waals surface area (Å²) in [5.41, 5.74) is 7.91. The van der Waals surface area contributed by atoms with Gasteiger partial charge in [0.2, 0.25) is 11.8 Å². The topological polar surface area (TPSA) is 109 Å². The van der Waals surface area contributed by atoms with Crippen LogP contribution < -0.4 is 4.90 Å². The number of aromatic nitrogens is 4. The lowest BCUT2D eigenvalue weighted by Crippen LogP contribution is -2.47. The van der Waals surface area contributed by atoms with E-state index < -0.39 is 5.60 Å². The molecule has 4 aliphatic rings. The molecule has 12 nitrogen and oxygen atoms in total. The second-order valence-electron chi connectivity index (χ2n) is 15.6. The van der Waals surface area contributed by atoms with Crippen LogP contribution in [-0.2, 0) is 40.8 Å². The highest BCUT2D eigenvalue weighted by molar-refractivity contribution is 5.80. The fraction of sp³-hybridized carbons (Fsp3) is 0.605. The van der Waals surface area contributed by atoms with E-state index in [0.717, 1.165) is 55.6 Å². The van der Waals surface area contributed by atoms with Crippen LogP contribution in [0.2, 0.25) is 0 Å². The zero-order valence-corrected chi connectivity index (χ0v) is 30.6. The van der Waals surface area contributed by atoms with Crippen LogP contribution in [0.4, 0.5) is 16.3 Å². The molecule has 0 bridgehead atoms. The molecule has 2 aromatic heterocycles. The smallest absolute Gasteiger partial charge is 0.410 e. The molecule has 12 heteroatoms. The molecule has 0 N–H and O–H groups in total. The molecule has 0 atom stereocenters. The molecular formula is C38H52N8O4. The number of benzene rings is 1. The van der Waals surface area contributed by atoms with Crippen LogP contribution in [0.3, 0.4) is 0 Å². The zero-order chi connectivity index (χ0) is 35.3. The summed E-state index contributed by atoms with van der Waals surface area (Å²) in [4.78, 5) is 46.8. The number of nitrogens with zero attached hydrogens (tertiary/aromatic N) is 8. The molecule has 50 heavy (non-hydrogen) atoms. The second kappa shape index (κ2) is 13.4. The van der Waals surface area contributed by atoms with E-state index in [4.69, 9.17) is 9.84 Å². The minimum Gasteiger partial charge on any atom is -0.444 e. The van der Waals surface area contributed by atoms with Gasteiger partial charge in [-0.05, 0) is 95.0 Å². The Bertz CT molecular complexity index is 1770. The van der Waals surface area contributed by atoms with Crippen molar-refractivity contribution in [1.82, 2.24) is 34.3 Å². The van der Waals surface area contributed by atoms with Crippen molar-refractivity contribution in [2.75, 3.05) is 44.2 Å². The molecule has 0 aliphatic carbocycles. The van der Waals surface area contributed by atoms with E-state index in [1.807, 2.05) is 48.5 Å². The standard InChI is InChI=1S/C38H52N8O4/c1-25-20-34-28(21-31(25)29-22-39-41(6)23-29)8-7-14-45(34)35-32-24-44(26(2)47)19-13-33(32)46(40-35)30-11-17-42(18-12-30)36(48)27-9-15-43(16-10-27)37(49)50-38(3,4)5/h20-23,27,30H,7-19,24H2,1-6H3. The van der Waals surface area contributed by atoms with Gasteiger partial charge in [-0.15, -0.1) is 0 Å². The van der Waals surface area contributed by atoms with Crippen LogP contribution >= 0.6 is 0 Å². The number of likely N-dealkylation sites (tertiary alicyclic amines) is 2. The molecule has 0 radical (unpaired) electrons. The molecule has 4 aliphatic heterocycles. The molecule has 0 saturated carbocycles. The number of aryl methyl sites for hydroxylation is 3. The third-order valence-corrected chi connectivity index (χ3v) is 10.9. The van der Waals surface area contributed by atoms with Crippen molar-refractivity contribution < 1.29 is 19.1 Å². The van der Waals surface area contributed by atoms with Gasteiger partial charge in [0.1, 0.15) is 5.60 Å². The summed E-state index contributed by atoms with van der Waals surface area (Å²) in [7, 11) is 1.95. The summed E-state index contributed by atoms with van der Waals surface area (Å²) in [6, 6.07) is 4.82. The number of carbonyl (C=O) groups is 3. The lowest BCUT2D eigenvalue weighted by molar-refractivity contribution is -0.138. The van der Waals surface area contributed by atoms with Crippen LogP contribution in [0, 0.1) is 12.8 Å². The molecule has 6 heterocycles. The van der Waals surface area contributed by atoms with Crippen molar-refractivity contribution in [1.29, 1.82) is 0 Å². The van der Waals surface area contributed by atoms with Gasteiger partial charge < -0.3 is 24.3 Å². The van der Waals surface area contributed by atoms with Crippen molar-refractivity contribution in [2.24, 2.45) is 13.0 Å². The van der Waals surface area contributed by atoms with Crippen LogP contribution in [0.15, 0.2) is 24.5 Å². The number of fused-ring (bicyclic) bond motifs is 2. The van der Waals surface area contributed by atoms with Crippen LogP contribution in [-0.4, -0.2) is 97.0 Å². The summed E-state index contributed by atoms with van der Waals surface area (Å²) >= 11 is 0. The molecule has 0 unspecified atom stereocenters. The molecule has 268 valence electrons. The number of ether oxygens (including phenoxy) is 1. The van der Waals surface area contributed by atoms with Crippen molar-refractivity contribution in [3.05, 3.63) is 46.9 Å². The van der Waals surface area contributed by atoms with Gasteiger partial charge in [-0.1, -0.05) is 0 Å². The van der Waals surface area contributed by atoms with Gasteiger partial charge in [-0.25, -0.2) is 4.79 Å². The van der Waals surface area contributed by atoms with E-state index in [1.165, 1.54) is 28.1 Å². The van der Waals surface area contributed by atoms with Gasteiger partial charge in [0.25, 0.3) is 0 Å². The Morgan fingerprint density at radius 1 is 0.900 bits per heavy atom. The van der Waals surface area contributed by atoms with E-state index in [-0.39, 0.29) is 29.9 Å². The first-order valence-electron chi connectivity index (χ1n) is 18.4. The average Bonchev–Trinajstić information content (AvgIpc) is 3.70.